The first-order chi connectivity index (χ1) is 9.94. The van der Waals surface area contributed by atoms with Gasteiger partial charge >= 0.3 is 6.18 Å². The zero-order valence-electron chi connectivity index (χ0n) is 10.2. The van der Waals surface area contributed by atoms with E-state index in [0.29, 0.717) is 6.07 Å². The summed E-state index contributed by atoms with van der Waals surface area (Å²) in [6.45, 7) is 0. The molecule has 0 saturated carbocycles. The van der Waals surface area contributed by atoms with Crippen LogP contribution in [0.1, 0.15) is 5.56 Å². The van der Waals surface area contributed by atoms with E-state index >= 15 is 0 Å². The quantitative estimate of drug-likeness (QED) is 0.751. The van der Waals surface area contributed by atoms with Crippen molar-refractivity contribution in [2.24, 2.45) is 0 Å². The van der Waals surface area contributed by atoms with Crippen LogP contribution in [-0.2, 0) is 25.1 Å². The molecule has 0 amide bonds. The number of rotatable bonds is 3. The molecule has 0 aromatic carbocycles. The van der Waals surface area contributed by atoms with Crippen LogP contribution in [0.25, 0.3) is 0 Å². The first kappa shape index (κ1) is 17.2. The molecule has 0 aliphatic rings. The Balaban J connectivity index is 2.65. The van der Waals surface area contributed by atoms with Gasteiger partial charge in [-0.2, -0.15) is 13.2 Å². The Morgan fingerprint density at radius 3 is 2.14 bits per heavy atom. The predicted molar refractivity (Wildman–Crippen MR) is 72.0 cm³/mol. The molecule has 2 heterocycles. The van der Waals surface area contributed by atoms with Crippen molar-refractivity contribution in [3.63, 3.8) is 0 Å². The third kappa shape index (κ3) is 3.26. The summed E-state index contributed by atoms with van der Waals surface area (Å²) in [4.78, 5) is 3.28. The summed E-state index contributed by atoms with van der Waals surface area (Å²) in [6, 6.07) is 3.29. The molecule has 0 fully saturated rings. The van der Waals surface area contributed by atoms with Crippen molar-refractivity contribution in [1.29, 1.82) is 0 Å². The average Bonchev–Trinajstić information content (AvgIpc) is 2.88. The van der Waals surface area contributed by atoms with Gasteiger partial charge in [0.15, 0.2) is 5.03 Å². The molecule has 120 valence electrons. The molecule has 2 aromatic rings. The Hall–Kier alpha value is -1.17. The number of sulfone groups is 1. The van der Waals surface area contributed by atoms with Crippen LogP contribution in [0.5, 0.6) is 0 Å². The first-order valence-corrected chi connectivity index (χ1v) is 9.87. The Morgan fingerprint density at radius 1 is 1.05 bits per heavy atom. The zero-order chi connectivity index (χ0) is 16.8. The minimum Gasteiger partial charge on any atom is -0.244 e. The highest BCUT2D eigenvalue weighted by molar-refractivity contribution is 8.15. The molecule has 0 aliphatic carbocycles. The lowest BCUT2D eigenvalue weighted by Gasteiger charge is -2.10. The number of hydrogen-bond acceptors (Lipinski definition) is 6. The van der Waals surface area contributed by atoms with E-state index in [-0.39, 0.29) is 11.3 Å². The second kappa shape index (κ2) is 5.48. The van der Waals surface area contributed by atoms with Gasteiger partial charge in [-0.1, -0.05) is 0 Å². The highest BCUT2D eigenvalue weighted by Crippen LogP contribution is 2.37. The summed E-state index contributed by atoms with van der Waals surface area (Å²) in [5, 5.41) is -1.19. The van der Waals surface area contributed by atoms with Gasteiger partial charge in [-0.15, -0.1) is 11.3 Å². The summed E-state index contributed by atoms with van der Waals surface area (Å²) >= 11 is 0.246. The number of nitrogens with zero attached hydrogens (tertiary/aromatic N) is 1. The molecule has 0 aliphatic heterocycles. The van der Waals surface area contributed by atoms with Crippen LogP contribution in [-0.4, -0.2) is 21.8 Å². The zero-order valence-corrected chi connectivity index (χ0v) is 13.4. The molecular weight excluding hydrogens is 387 g/mol. The van der Waals surface area contributed by atoms with Crippen molar-refractivity contribution in [1.82, 2.24) is 4.98 Å². The van der Waals surface area contributed by atoms with Gasteiger partial charge in [-0.3, -0.25) is 0 Å². The molecule has 12 heteroatoms. The highest BCUT2D eigenvalue weighted by atomic mass is 35.7. The van der Waals surface area contributed by atoms with Crippen LogP contribution in [0.2, 0.25) is 0 Å². The number of aromatic nitrogens is 1. The second-order valence-corrected chi connectivity index (χ2v) is 9.84. The molecular formula is C10H5ClF3NO4S3. The van der Waals surface area contributed by atoms with E-state index in [1.54, 1.807) is 0 Å². The van der Waals surface area contributed by atoms with E-state index in [4.69, 9.17) is 10.7 Å². The molecule has 0 unspecified atom stereocenters. The van der Waals surface area contributed by atoms with Crippen molar-refractivity contribution in [2.75, 3.05) is 0 Å². The van der Waals surface area contributed by atoms with Crippen molar-refractivity contribution in [3.8, 4) is 0 Å². The predicted octanol–water partition coefficient (Wildman–Crippen LogP) is 2.92. The lowest BCUT2D eigenvalue weighted by atomic mass is 10.3. The molecule has 0 N–H and O–H groups in total. The number of hydrogen-bond donors (Lipinski definition) is 0. The minimum atomic E-state index is -4.92. The maximum absolute atomic E-state index is 12.9. The Kier molecular flexibility index (Phi) is 4.28. The largest absolute Gasteiger partial charge is 0.419 e. The highest BCUT2D eigenvalue weighted by Gasteiger charge is 2.39. The molecule has 0 atom stereocenters. The SMILES string of the molecule is O=S(=O)(Cl)c1ccc(S(=O)(=O)c2ncccc2C(F)(F)F)s1. The lowest BCUT2D eigenvalue weighted by Crippen LogP contribution is -2.14. The number of halogens is 4. The van der Waals surface area contributed by atoms with Crippen LogP contribution in [0.15, 0.2) is 43.9 Å². The number of thiophene rings is 1. The molecule has 2 rings (SSSR count). The smallest absolute Gasteiger partial charge is 0.244 e. The van der Waals surface area contributed by atoms with Gasteiger partial charge < -0.3 is 0 Å². The molecule has 5 nitrogen and oxygen atoms in total. The van der Waals surface area contributed by atoms with Crippen LogP contribution in [0, 0.1) is 0 Å². The van der Waals surface area contributed by atoms with Gasteiger partial charge in [0.25, 0.3) is 9.05 Å². The van der Waals surface area contributed by atoms with Gasteiger partial charge in [0.05, 0.1) is 5.56 Å². The van der Waals surface area contributed by atoms with E-state index in [1.807, 2.05) is 0 Å². The third-order valence-electron chi connectivity index (χ3n) is 2.39. The fourth-order valence-corrected chi connectivity index (χ4v) is 5.51. The van der Waals surface area contributed by atoms with Crippen LogP contribution < -0.4 is 0 Å². The lowest BCUT2D eigenvalue weighted by molar-refractivity contribution is -0.140. The van der Waals surface area contributed by atoms with Crippen molar-refractivity contribution in [3.05, 3.63) is 36.0 Å². The van der Waals surface area contributed by atoms with Crippen molar-refractivity contribution < 1.29 is 30.0 Å². The Morgan fingerprint density at radius 2 is 1.64 bits per heavy atom. The number of alkyl halides is 3. The van der Waals surface area contributed by atoms with E-state index in [2.05, 4.69) is 4.98 Å². The Bertz CT molecular complexity index is 919. The Labute approximate surface area is 131 Å². The van der Waals surface area contributed by atoms with E-state index in [9.17, 15) is 30.0 Å². The third-order valence-corrected chi connectivity index (χ3v) is 7.77. The van der Waals surface area contributed by atoms with Gasteiger partial charge in [0.2, 0.25) is 9.84 Å². The fourth-order valence-electron chi connectivity index (χ4n) is 1.49. The maximum Gasteiger partial charge on any atom is 0.419 e. The van der Waals surface area contributed by atoms with Crippen molar-refractivity contribution in [2.45, 2.75) is 19.6 Å². The summed E-state index contributed by atoms with van der Waals surface area (Å²) < 4.78 is 84.3. The van der Waals surface area contributed by atoms with Crippen molar-refractivity contribution >= 4 is 40.9 Å². The molecule has 0 saturated heterocycles. The number of pyridine rings is 1. The van der Waals surface area contributed by atoms with Gasteiger partial charge in [0.1, 0.15) is 8.42 Å². The summed E-state index contributed by atoms with van der Waals surface area (Å²) in [7, 11) is -3.74. The van der Waals surface area contributed by atoms with Gasteiger partial charge in [-0.25, -0.2) is 21.8 Å². The normalized spacial score (nSPS) is 13.3. The van der Waals surface area contributed by atoms with Crippen LogP contribution >= 0.6 is 22.0 Å². The minimum absolute atomic E-state index is 0.246. The molecule has 0 radical (unpaired) electrons. The van der Waals surface area contributed by atoms with E-state index in [0.717, 1.165) is 24.4 Å². The molecule has 0 spiro atoms. The van der Waals surface area contributed by atoms with E-state index < -0.39 is 44.1 Å². The summed E-state index contributed by atoms with van der Waals surface area (Å²) in [6.07, 6.45) is -4.02. The topological polar surface area (TPSA) is 81.2 Å². The summed E-state index contributed by atoms with van der Waals surface area (Å²) in [5.41, 5.74) is -1.43. The van der Waals surface area contributed by atoms with Gasteiger partial charge in [-0.05, 0) is 24.3 Å². The standard InChI is InChI=1S/C10H5ClF3NO4S3/c11-22(18,19)8-4-3-7(20-8)21(16,17)9-6(10(12,13)14)2-1-5-15-9/h1-5H. The first-order valence-electron chi connectivity index (χ1n) is 5.26. The molecule has 22 heavy (non-hydrogen) atoms. The van der Waals surface area contributed by atoms with Crippen LogP contribution in [0.3, 0.4) is 0 Å². The monoisotopic (exact) mass is 391 g/mol. The second-order valence-electron chi connectivity index (χ2n) is 3.87. The van der Waals surface area contributed by atoms with E-state index in [1.165, 1.54) is 0 Å². The van der Waals surface area contributed by atoms with Crippen LogP contribution in [0.4, 0.5) is 13.2 Å². The maximum atomic E-state index is 12.9. The summed E-state index contributed by atoms with van der Waals surface area (Å²) in [5.74, 6) is 0. The van der Waals surface area contributed by atoms with Gasteiger partial charge in [0, 0.05) is 16.9 Å². The molecule has 0 bridgehead atoms. The average molecular weight is 392 g/mol. The fraction of sp³-hybridized carbons (Fsp3) is 0.100. The molecule has 2 aromatic heterocycles.